The summed E-state index contributed by atoms with van der Waals surface area (Å²) < 4.78 is 11.9. The average molecular weight is 388 g/mol. The third kappa shape index (κ3) is 8.50. The predicted molar refractivity (Wildman–Crippen MR) is 105 cm³/mol. The van der Waals surface area contributed by atoms with E-state index in [1.165, 1.54) is 0 Å². The third-order valence-corrected chi connectivity index (χ3v) is 3.58. The van der Waals surface area contributed by atoms with E-state index in [-0.39, 0.29) is 4.49 Å². The van der Waals surface area contributed by atoms with Gasteiger partial charge in [0.1, 0.15) is 29.2 Å². The van der Waals surface area contributed by atoms with Crippen molar-refractivity contribution in [3.05, 3.63) is 33.8 Å². The van der Waals surface area contributed by atoms with Gasteiger partial charge in [0.2, 0.25) is 0 Å². The number of rotatable bonds is 11. The van der Waals surface area contributed by atoms with Crippen LogP contribution in [0.1, 0.15) is 45.2 Å². The predicted octanol–water partition coefficient (Wildman–Crippen LogP) is 5.69. The van der Waals surface area contributed by atoms with Gasteiger partial charge in [-0.1, -0.05) is 48.6 Å². The molecular weight excluding hydrogens is 361 g/mol. The van der Waals surface area contributed by atoms with Crippen molar-refractivity contribution in [3.8, 4) is 11.5 Å². The first kappa shape index (κ1) is 21.7. The second-order valence-electron chi connectivity index (χ2n) is 5.70. The van der Waals surface area contributed by atoms with Gasteiger partial charge in [0.15, 0.2) is 6.61 Å². The molecule has 0 fully saturated rings. The van der Waals surface area contributed by atoms with E-state index in [0.717, 1.165) is 47.6 Å². The summed E-state index contributed by atoms with van der Waals surface area (Å²) in [6, 6.07) is 4.02. The van der Waals surface area contributed by atoms with Crippen LogP contribution in [0.2, 0.25) is 0 Å². The van der Waals surface area contributed by atoms with E-state index in [1.54, 1.807) is 6.08 Å². The Morgan fingerprint density at radius 2 is 1.80 bits per heavy atom. The van der Waals surface area contributed by atoms with Gasteiger partial charge in [-0.05, 0) is 56.0 Å². The summed E-state index contributed by atoms with van der Waals surface area (Å²) in [6.07, 6.45) is 4.40. The van der Waals surface area contributed by atoms with Crippen molar-refractivity contribution in [2.75, 3.05) is 19.8 Å². The Hall–Kier alpha value is -1.39. The number of hydrogen-bond acceptors (Lipinski definition) is 4. The van der Waals surface area contributed by atoms with Crippen LogP contribution < -0.4 is 9.47 Å². The average Bonchev–Trinajstić information content (AvgIpc) is 2.55. The van der Waals surface area contributed by atoms with Crippen LogP contribution in [0.3, 0.4) is 0 Å². The maximum Gasteiger partial charge on any atom is 0.151 e. The number of nitrogens with zero attached hydrogens (tertiary/aromatic N) is 1. The van der Waals surface area contributed by atoms with Crippen molar-refractivity contribution in [1.82, 2.24) is 0 Å². The fourth-order valence-corrected chi connectivity index (χ4v) is 2.39. The molecule has 1 rings (SSSR count). The van der Waals surface area contributed by atoms with E-state index in [0.29, 0.717) is 19.8 Å². The number of benzene rings is 1. The monoisotopic (exact) mass is 387 g/mol. The number of oxime groups is 1. The highest BCUT2D eigenvalue weighted by Crippen LogP contribution is 2.31. The molecule has 0 aliphatic heterocycles. The summed E-state index contributed by atoms with van der Waals surface area (Å²) in [7, 11) is 0. The van der Waals surface area contributed by atoms with Crippen LogP contribution in [0.4, 0.5) is 0 Å². The summed E-state index contributed by atoms with van der Waals surface area (Å²) >= 11 is 11.2. The van der Waals surface area contributed by atoms with Crippen LogP contribution in [0.25, 0.3) is 0 Å². The van der Waals surface area contributed by atoms with E-state index in [9.17, 15) is 0 Å². The lowest BCUT2D eigenvalue weighted by Gasteiger charge is -2.17. The fraction of sp³-hybridized carbons (Fsp3) is 0.526. The largest absolute Gasteiger partial charge is 0.489 e. The van der Waals surface area contributed by atoms with Crippen molar-refractivity contribution in [1.29, 1.82) is 0 Å². The lowest BCUT2D eigenvalue weighted by molar-refractivity contribution is 0.106. The van der Waals surface area contributed by atoms with Crippen LogP contribution in [-0.2, 0) is 17.7 Å². The van der Waals surface area contributed by atoms with E-state index in [4.69, 9.17) is 37.5 Å². The molecule has 0 aliphatic carbocycles. The van der Waals surface area contributed by atoms with E-state index in [1.807, 2.05) is 26.0 Å². The van der Waals surface area contributed by atoms with Crippen LogP contribution in [0.5, 0.6) is 11.5 Å². The zero-order valence-corrected chi connectivity index (χ0v) is 16.9. The minimum Gasteiger partial charge on any atom is -0.489 e. The minimum atomic E-state index is 0.203. The van der Waals surface area contributed by atoms with Crippen molar-refractivity contribution in [3.63, 3.8) is 0 Å². The summed E-state index contributed by atoms with van der Waals surface area (Å²) in [4.78, 5) is 5.20. The lowest BCUT2D eigenvalue weighted by atomic mass is 10.0. The van der Waals surface area contributed by atoms with Gasteiger partial charge in [-0.3, -0.25) is 0 Å². The first-order valence-corrected chi connectivity index (χ1v) is 9.29. The van der Waals surface area contributed by atoms with Gasteiger partial charge < -0.3 is 14.3 Å². The second kappa shape index (κ2) is 12.0. The van der Waals surface area contributed by atoms with Gasteiger partial charge in [-0.25, -0.2) is 0 Å². The molecule has 6 heteroatoms. The highest BCUT2D eigenvalue weighted by atomic mass is 35.5. The van der Waals surface area contributed by atoms with Gasteiger partial charge >= 0.3 is 0 Å². The molecule has 25 heavy (non-hydrogen) atoms. The van der Waals surface area contributed by atoms with Crippen LogP contribution in [0, 0.1) is 0 Å². The molecule has 0 aliphatic rings. The van der Waals surface area contributed by atoms with Gasteiger partial charge in [0.25, 0.3) is 0 Å². The molecule has 0 saturated carbocycles. The summed E-state index contributed by atoms with van der Waals surface area (Å²) in [5.41, 5.74) is 3.12. The highest BCUT2D eigenvalue weighted by Gasteiger charge is 2.12. The van der Waals surface area contributed by atoms with Crippen molar-refractivity contribution in [2.24, 2.45) is 5.16 Å². The van der Waals surface area contributed by atoms with Crippen molar-refractivity contribution < 1.29 is 14.3 Å². The molecule has 0 radical (unpaired) electrons. The number of hydrogen-bond donors (Lipinski definition) is 0. The summed E-state index contributed by atoms with van der Waals surface area (Å²) in [6.45, 7) is 9.21. The Kier molecular flexibility index (Phi) is 10.4. The van der Waals surface area contributed by atoms with Gasteiger partial charge in [0.05, 0.1) is 5.71 Å². The molecule has 4 nitrogen and oxygen atoms in total. The van der Waals surface area contributed by atoms with Crippen LogP contribution in [-0.4, -0.2) is 25.5 Å². The second-order valence-corrected chi connectivity index (χ2v) is 6.71. The zero-order valence-electron chi connectivity index (χ0n) is 15.4. The minimum absolute atomic E-state index is 0.203. The molecule has 0 unspecified atom stereocenters. The standard InChI is InChI=1S/C19H27Cl2NO3/c1-5-7-16-13-17(23-9-8-18(20)21)12-15(6-2)19(16)24-10-11-25-22-14(3)4/h8,12-13H,5-7,9-11H2,1-4H3. The fourth-order valence-electron chi connectivity index (χ4n) is 2.27. The highest BCUT2D eigenvalue weighted by molar-refractivity contribution is 6.55. The summed E-state index contributed by atoms with van der Waals surface area (Å²) in [5.74, 6) is 1.71. The van der Waals surface area contributed by atoms with E-state index >= 15 is 0 Å². The Labute approximate surface area is 160 Å². The van der Waals surface area contributed by atoms with Gasteiger partial charge in [0, 0.05) is 0 Å². The van der Waals surface area contributed by atoms with E-state index < -0.39 is 0 Å². The molecular formula is C19H27Cl2NO3. The SMILES string of the molecule is CCCc1cc(OCC=C(Cl)Cl)cc(CC)c1OCCON=C(C)C. The maximum atomic E-state index is 5.99. The van der Waals surface area contributed by atoms with Crippen molar-refractivity contribution >= 4 is 28.9 Å². The third-order valence-electron chi connectivity index (χ3n) is 3.27. The Morgan fingerprint density at radius 1 is 1.08 bits per heavy atom. The Balaban J connectivity index is 2.86. The molecule has 0 bridgehead atoms. The van der Waals surface area contributed by atoms with Gasteiger partial charge in [-0.15, -0.1) is 0 Å². The first-order chi connectivity index (χ1) is 12.0. The number of ether oxygens (including phenoxy) is 2. The smallest absolute Gasteiger partial charge is 0.151 e. The molecule has 0 N–H and O–H groups in total. The Morgan fingerprint density at radius 3 is 2.40 bits per heavy atom. The number of halogens is 2. The Bertz CT molecular complexity index is 593. The molecule has 0 aromatic heterocycles. The molecule has 0 amide bonds. The molecule has 1 aromatic carbocycles. The van der Waals surface area contributed by atoms with Gasteiger partial charge in [-0.2, -0.15) is 0 Å². The first-order valence-electron chi connectivity index (χ1n) is 8.53. The molecule has 0 heterocycles. The molecule has 140 valence electrons. The van der Waals surface area contributed by atoms with E-state index in [2.05, 4.69) is 19.0 Å². The normalized spacial score (nSPS) is 10.2. The van der Waals surface area contributed by atoms with Crippen molar-refractivity contribution in [2.45, 2.75) is 47.0 Å². The topological polar surface area (TPSA) is 40.0 Å². The molecule has 0 saturated heterocycles. The zero-order chi connectivity index (χ0) is 18.7. The summed E-state index contributed by atoms with van der Waals surface area (Å²) in [5, 5.41) is 3.91. The number of aryl methyl sites for hydroxylation is 2. The van der Waals surface area contributed by atoms with Crippen LogP contribution >= 0.6 is 23.2 Å². The molecule has 0 atom stereocenters. The molecule has 1 aromatic rings. The molecule has 0 spiro atoms. The quantitative estimate of drug-likeness (QED) is 0.278. The maximum absolute atomic E-state index is 5.99. The van der Waals surface area contributed by atoms with Crippen LogP contribution in [0.15, 0.2) is 27.9 Å². The lowest BCUT2D eigenvalue weighted by Crippen LogP contribution is -2.09.